The summed E-state index contributed by atoms with van der Waals surface area (Å²) in [4.78, 5) is 17.8. The fourth-order valence-electron chi connectivity index (χ4n) is 2.97. The molecule has 6 nitrogen and oxygen atoms in total. The zero-order valence-corrected chi connectivity index (χ0v) is 19.5. The van der Waals surface area contributed by atoms with Gasteiger partial charge in [-0.3, -0.25) is 4.79 Å². The standard InChI is InChI=1S/C25H20ClN3O3S/c1-31-19-10-7-17(8-11-19)16-27-29(24(30)14-9-18-5-3-4-6-21(18)26)25-28-22-13-12-20(32-2)15-23(22)33-25/h3-16H,1-2H3/b14-9+,27-16+. The Balaban J connectivity index is 1.68. The molecule has 1 aromatic heterocycles. The van der Waals surface area contributed by atoms with E-state index in [1.165, 1.54) is 22.4 Å². The molecule has 166 valence electrons. The first-order valence-corrected chi connectivity index (χ1v) is 11.2. The molecule has 1 heterocycles. The molecule has 0 saturated heterocycles. The van der Waals surface area contributed by atoms with Crippen molar-refractivity contribution in [3.8, 4) is 11.5 Å². The van der Waals surface area contributed by atoms with E-state index in [9.17, 15) is 4.79 Å². The minimum absolute atomic E-state index is 0.356. The number of fused-ring (bicyclic) bond motifs is 1. The lowest BCUT2D eigenvalue weighted by Crippen LogP contribution is -2.23. The quantitative estimate of drug-likeness (QED) is 0.185. The second kappa shape index (κ2) is 10.3. The Morgan fingerprint density at radius 1 is 1.03 bits per heavy atom. The summed E-state index contributed by atoms with van der Waals surface area (Å²) in [6, 6.07) is 20.2. The Morgan fingerprint density at radius 3 is 2.48 bits per heavy atom. The van der Waals surface area contributed by atoms with Gasteiger partial charge < -0.3 is 9.47 Å². The van der Waals surface area contributed by atoms with Crippen molar-refractivity contribution in [1.82, 2.24) is 4.98 Å². The molecule has 33 heavy (non-hydrogen) atoms. The second-order valence-corrected chi connectivity index (χ2v) is 8.27. The number of rotatable bonds is 7. The highest BCUT2D eigenvalue weighted by Gasteiger charge is 2.18. The summed E-state index contributed by atoms with van der Waals surface area (Å²) in [6.07, 6.45) is 4.70. The lowest BCUT2D eigenvalue weighted by molar-refractivity contribution is -0.114. The van der Waals surface area contributed by atoms with Crippen LogP contribution in [0.4, 0.5) is 5.13 Å². The first-order valence-electron chi connectivity index (χ1n) is 9.96. The molecule has 0 saturated carbocycles. The van der Waals surface area contributed by atoms with Gasteiger partial charge >= 0.3 is 0 Å². The zero-order chi connectivity index (χ0) is 23.2. The lowest BCUT2D eigenvalue weighted by Gasteiger charge is -2.11. The number of methoxy groups -OCH3 is 2. The first-order chi connectivity index (χ1) is 16.1. The van der Waals surface area contributed by atoms with E-state index >= 15 is 0 Å². The number of benzene rings is 3. The highest BCUT2D eigenvalue weighted by Crippen LogP contribution is 2.32. The molecular formula is C25H20ClN3O3S. The molecule has 4 aromatic rings. The molecular weight excluding hydrogens is 458 g/mol. The van der Waals surface area contributed by atoms with E-state index in [4.69, 9.17) is 21.1 Å². The van der Waals surface area contributed by atoms with E-state index in [1.54, 1.807) is 32.6 Å². The van der Waals surface area contributed by atoms with Crippen LogP contribution in [0, 0.1) is 0 Å². The van der Waals surface area contributed by atoms with Crippen LogP contribution >= 0.6 is 22.9 Å². The zero-order valence-electron chi connectivity index (χ0n) is 17.9. The Morgan fingerprint density at radius 2 is 1.76 bits per heavy atom. The number of halogens is 1. The Hall–Kier alpha value is -3.68. The molecule has 1 amide bonds. The number of thiazole rings is 1. The van der Waals surface area contributed by atoms with E-state index in [1.807, 2.05) is 60.7 Å². The van der Waals surface area contributed by atoms with Gasteiger partial charge in [-0.15, -0.1) is 0 Å². The summed E-state index contributed by atoms with van der Waals surface area (Å²) in [6.45, 7) is 0. The summed E-state index contributed by atoms with van der Waals surface area (Å²) in [5.41, 5.74) is 2.30. The fraction of sp³-hybridized carbons (Fsp3) is 0.0800. The number of hydrazone groups is 1. The summed E-state index contributed by atoms with van der Waals surface area (Å²) < 4.78 is 11.4. The largest absolute Gasteiger partial charge is 0.497 e. The van der Waals surface area contributed by atoms with Crippen LogP contribution in [0.2, 0.25) is 5.02 Å². The van der Waals surface area contributed by atoms with Crippen LogP contribution in [0.3, 0.4) is 0 Å². The number of ether oxygens (including phenoxy) is 2. The van der Waals surface area contributed by atoms with E-state index in [-0.39, 0.29) is 5.91 Å². The Kier molecular flexibility index (Phi) is 7.02. The van der Waals surface area contributed by atoms with Gasteiger partial charge in [-0.2, -0.15) is 10.1 Å². The van der Waals surface area contributed by atoms with Crippen LogP contribution in [0.25, 0.3) is 16.3 Å². The van der Waals surface area contributed by atoms with Crippen LogP contribution in [-0.2, 0) is 4.79 Å². The van der Waals surface area contributed by atoms with Crippen molar-refractivity contribution >= 4 is 56.5 Å². The van der Waals surface area contributed by atoms with Gasteiger partial charge in [-0.05, 0) is 65.7 Å². The smallest absolute Gasteiger partial charge is 0.273 e. The van der Waals surface area contributed by atoms with Crippen molar-refractivity contribution in [3.05, 3.63) is 89.0 Å². The van der Waals surface area contributed by atoms with Gasteiger partial charge in [0.25, 0.3) is 5.91 Å². The third-order valence-electron chi connectivity index (χ3n) is 4.72. The minimum Gasteiger partial charge on any atom is -0.497 e. The number of carbonyl (C=O) groups excluding carboxylic acids is 1. The van der Waals surface area contributed by atoms with Crippen molar-refractivity contribution in [2.75, 3.05) is 19.2 Å². The van der Waals surface area contributed by atoms with Gasteiger partial charge in [0.05, 0.1) is 30.7 Å². The van der Waals surface area contributed by atoms with Crippen molar-refractivity contribution in [2.24, 2.45) is 5.10 Å². The third kappa shape index (κ3) is 5.39. The van der Waals surface area contributed by atoms with E-state index in [0.29, 0.717) is 10.2 Å². The number of aromatic nitrogens is 1. The van der Waals surface area contributed by atoms with Gasteiger partial charge in [0.15, 0.2) is 0 Å². The Labute approximate surface area is 200 Å². The summed E-state index contributed by atoms with van der Waals surface area (Å²) >= 11 is 7.56. The molecule has 0 aliphatic rings. The van der Waals surface area contributed by atoms with E-state index in [0.717, 1.165) is 32.8 Å². The van der Waals surface area contributed by atoms with Crippen LogP contribution in [0.5, 0.6) is 11.5 Å². The number of hydrogen-bond donors (Lipinski definition) is 0. The number of nitrogens with zero attached hydrogens (tertiary/aromatic N) is 3. The molecule has 3 aromatic carbocycles. The first kappa shape index (κ1) is 22.5. The molecule has 0 unspecified atom stereocenters. The summed E-state index contributed by atoms with van der Waals surface area (Å²) in [5, 5.41) is 6.71. The van der Waals surface area contributed by atoms with Crippen molar-refractivity contribution in [1.29, 1.82) is 0 Å². The summed E-state index contributed by atoms with van der Waals surface area (Å²) in [5.74, 6) is 1.10. The van der Waals surface area contributed by atoms with E-state index < -0.39 is 0 Å². The van der Waals surface area contributed by atoms with Gasteiger partial charge in [0, 0.05) is 11.1 Å². The number of amides is 1. The maximum absolute atomic E-state index is 13.2. The predicted octanol–water partition coefficient (Wildman–Crippen LogP) is 6.05. The average Bonchev–Trinajstić information content (AvgIpc) is 3.27. The number of carbonyl (C=O) groups is 1. The van der Waals surface area contributed by atoms with Gasteiger partial charge in [0.2, 0.25) is 5.13 Å². The van der Waals surface area contributed by atoms with Crippen LogP contribution in [0.1, 0.15) is 11.1 Å². The molecule has 0 N–H and O–H groups in total. The molecule has 8 heteroatoms. The van der Waals surface area contributed by atoms with Gasteiger partial charge in [-0.1, -0.05) is 41.1 Å². The fourth-order valence-corrected chi connectivity index (χ4v) is 4.12. The van der Waals surface area contributed by atoms with Gasteiger partial charge in [-0.25, -0.2) is 4.98 Å². The normalized spacial score (nSPS) is 11.4. The molecule has 0 aliphatic carbocycles. The van der Waals surface area contributed by atoms with Gasteiger partial charge in [0.1, 0.15) is 11.5 Å². The molecule has 0 bridgehead atoms. The predicted molar refractivity (Wildman–Crippen MR) is 135 cm³/mol. The maximum Gasteiger partial charge on any atom is 0.273 e. The maximum atomic E-state index is 13.2. The van der Waals surface area contributed by atoms with Crippen molar-refractivity contribution in [3.63, 3.8) is 0 Å². The molecule has 0 fully saturated rings. The molecule has 4 rings (SSSR count). The SMILES string of the molecule is COc1ccc(/C=N/N(C(=O)/C=C/c2ccccc2Cl)c2nc3ccc(OC)cc3s2)cc1. The molecule has 0 spiro atoms. The highest BCUT2D eigenvalue weighted by atomic mass is 35.5. The Bertz CT molecular complexity index is 1330. The van der Waals surface area contributed by atoms with Crippen molar-refractivity contribution in [2.45, 2.75) is 0 Å². The van der Waals surface area contributed by atoms with Crippen LogP contribution in [-0.4, -0.2) is 31.3 Å². The number of anilines is 1. The number of hydrogen-bond acceptors (Lipinski definition) is 6. The monoisotopic (exact) mass is 477 g/mol. The minimum atomic E-state index is -0.356. The lowest BCUT2D eigenvalue weighted by atomic mass is 10.2. The second-order valence-electron chi connectivity index (χ2n) is 6.85. The van der Waals surface area contributed by atoms with E-state index in [2.05, 4.69) is 10.1 Å². The third-order valence-corrected chi connectivity index (χ3v) is 6.06. The highest BCUT2D eigenvalue weighted by molar-refractivity contribution is 7.22. The topological polar surface area (TPSA) is 64.0 Å². The molecule has 0 radical (unpaired) electrons. The summed E-state index contributed by atoms with van der Waals surface area (Å²) in [7, 11) is 3.22. The van der Waals surface area contributed by atoms with Crippen molar-refractivity contribution < 1.29 is 14.3 Å². The molecule has 0 atom stereocenters. The van der Waals surface area contributed by atoms with Crippen LogP contribution in [0.15, 0.2) is 77.9 Å². The van der Waals surface area contributed by atoms with Crippen LogP contribution < -0.4 is 14.5 Å². The molecule has 0 aliphatic heterocycles. The average molecular weight is 478 g/mol.